The van der Waals surface area contributed by atoms with Gasteiger partial charge in [0.1, 0.15) is 5.75 Å². The van der Waals surface area contributed by atoms with E-state index >= 15 is 0 Å². The maximum Gasteiger partial charge on any atom is 0.268 e. The minimum Gasteiger partial charge on any atom is -0.478 e. The average Bonchev–Trinajstić information content (AvgIpc) is 2.53. The summed E-state index contributed by atoms with van der Waals surface area (Å²) < 4.78 is 5.88. The van der Waals surface area contributed by atoms with Gasteiger partial charge in [-0.2, -0.15) is 0 Å². The number of carbonyl (C=O) groups excluding carboxylic acids is 1. The van der Waals surface area contributed by atoms with Crippen LogP contribution in [0.4, 0.5) is 5.69 Å². The fourth-order valence-electron chi connectivity index (χ4n) is 2.84. The highest BCUT2D eigenvalue weighted by Crippen LogP contribution is 2.37. The third kappa shape index (κ3) is 4.03. The molecule has 0 aromatic heterocycles. The maximum absolute atomic E-state index is 12.7. The van der Waals surface area contributed by atoms with Crippen LogP contribution >= 0.6 is 0 Å². The van der Waals surface area contributed by atoms with Gasteiger partial charge in [-0.1, -0.05) is 26.3 Å². The highest BCUT2D eigenvalue weighted by Gasteiger charge is 2.33. The number of ether oxygens (including phenoxy) is 1. The number of anilines is 1. The number of hydrogen-bond donors (Lipinski definition) is 1. The van der Waals surface area contributed by atoms with Crippen molar-refractivity contribution in [3.8, 4) is 5.75 Å². The van der Waals surface area contributed by atoms with E-state index in [1.54, 1.807) is 0 Å². The van der Waals surface area contributed by atoms with Crippen molar-refractivity contribution < 1.29 is 9.53 Å². The van der Waals surface area contributed by atoms with Gasteiger partial charge in [0.15, 0.2) is 6.10 Å². The monoisotopic (exact) mass is 319 g/mol. The van der Waals surface area contributed by atoms with Crippen LogP contribution in [0.2, 0.25) is 0 Å². The van der Waals surface area contributed by atoms with Crippen molar-refractivity contribution in [2.24, 2.45) is 5.73 Å². The number of amides is 1. The summed E-state index contributed by atoms with van der Waals surface area (Å²) in [5, 5.41) is 0. The Morgan fingerprint density at radius 3 is 2.70 bits per heavy atom. The van der Waals surface area contributed by atoms with E-state index in [9.17, 15) is 4.79 Å². The van der Waals surface area contributed by atoms with E-state index in [1.165, 1.54) is 0 Å². The van der Waals surface area contributed by atoms with Crippen LogP contribution in [0.15, 0.2) is 18.2 Å². The Morgan fingerprint density at radius 1 is 1.35 bits per heavy atom. The highest BCUT2D eigenvalue weighted by molar-refractivity contribution is 6.00. The average molecular weight is 319 g/mol. The van der Waals surface area contributed by atoms with E-state index in [-0.39, 0.29) is 18.1 Å². The van der Waals surface area contributed by atoms with Gasteiger partial charge in [0, 0.05) is 19.1 Å². The first-order valence-electron chi connectivity index (χ1n) is 8.50. The van der Waals surface area contributed by atoms with Gasteiger partial charge in [-0.05, 0) is 44.6 Å². The molecule has 0 saturated heterocycles. The van der Waals surface area contributed by atoms with Gasteiger partial charge in [-0.25, -0.2) is 0 Å². The molecule has 1 aliphatic rings. The van der Waals surface area contributed by atoms with E-state index in [2.05, 4.69) is 11.8 Å². The van der Waals surface area contributed by atoms with Crippen LogP contribution in [0.5, 0.6) is 5.75 Å². The lowest BCUT2D eigenvalue weighted by atomic mass is 10.0. The predicted molar refractivity (Wildman–Crippen MR) is 93.9 cm³/mol. The molecule has 128 valence electrons. The fraction of sp³-hybridized carbons (Fsp3) is 0.611. The zero-order valence-electron chi connectivity index (χ0n) is 14.7. The van der Waals surface area contributed by atoms with Gasteiger partial charge in [0.05, 0.1) is 5.69 Å². The molecular weight excluding hydrogens is 290 g/mol. The Balaban J connectivity index is 2.34. The molecule has 2 atom stereocenters. The summed E-state index contributed by atoms with van der Waals surface area (Å²) in [7, 11) is 4.02. The molecule has 2 rings (SSSR count). The van der Waals surface area contributed by atoms with Crippen LogP contribution in [0, 0.1) is 0 Å². The van der Waals surface area contributed by atoms with Crippen molar-refractivity contribution in [2.45, 2.75) is 45.3 Å². The van der Waals surface area contributed by atoms with E-state index in [0.717, 1.165) is 36.4 Å². The van der Waals surface area contributed by atoms with E-state index in [0.29, 0.717) is 13.0 Å². The van der Waals surface area contributed by atoms with E-state index < -0.39 is 0 Å². The Hall–Kier alpha value is -1.59. The first kappa shape index (κ1) is 17.8. The molecule has 0 fully saturated rings. The van der Waals surface area contributed by atoms with Crippen LogP contribution in [0.1, 0.15) is 44.7 Å². The summed E-state index contributed by atoms with van der Waals surface area (Å²) in [5.41, 5.74) is 8.16. The number of carbonyl (C=O) groups is 1. The van der Waals surface area contributed by atoms with Crippen LogP contribution < -0.4 is 15.4 Å². The van der Waals surface area contributed by atoms with Crippen molar-refractivity contribution in [3.05, 3.63) is 23.8 Å². The smallest absolute Gasteiger partial charge is 0.268 e. The van der Waals surface area contributed by atoms with Gasteiger partial charge in [0.2, 0.25) is 0 Å². The molecule has 0 spiro atoms. The van der Waals surface area contributed by atoms with Crippen LogP contribution in [0.25, 0.3) is 0 Å². The Bertz CT molecular complexity index is 545. The largest absolute Gasteiger partial charge is 0.478 e. The maximum atomic E-state index is 12.7. The molecule has 1 aliphatic heterocycles. The molecular formula is C18H29N3O2. The van der Waals surface area contributed by atoms with Crippen molar-refractivity contribution >= 4 is 11.6 Å². The second-order valence-corrected chi connectivity index (χ2v) is 6.43. The molecule has 1 aromatic carbocycles. The molecule has 0 saturated carbocycles. The van der Waals surface area contributed by atoms with Crippen molar-refractivity contribution in [2.75, 3.05) is 32.1 Å². The molecule has 0 aliphatic carbocycles. The molecule has 0 radical (unpaired) electrons. The summed E-state index contributed by atoms with van der Waals surface area (Å²) >= 11 is 0. The summed E-state index contributed by atoms with van der Waals surface area (Å²) in [6.07, 6.45) is 2.26. The van der Waals surface area contributed by atoms with Crippen LogP contribution in [-0.4, -0.2) is 44.1 Å². The Morgan fingerprint density at radius 2 is 2.09 bits per heavy atom. The van der Waals surface area contributed by atoms with Gasteiger partial charge in [-0.3, -0.25) is 4.79 Å². The summed E-state index contributed by atoms with van der Waals surface area (Å²) in [6.45, 7) is 5.57. The molecule has 2 N–H and O–H groups in total. The first-order chi connectivity index (χ1) is 11.0. The molecule has 2 unspecified atom stereocenters. The number of nitrogens with zero attached hydrogens (tertiary/aromatic N) is 2. The molecule has 0 bridgehead atoms. The number of hydrogen-bond acceptors (Lipinski definition) is 4. The number of benzene rings is 1. The standard InChI is InChI=1S/C18H29N3O2/c1-5-7-14(19)13-8-9-17-15(12-13)21(11-10-20(3)4)18(22)16(6-2)23-17/h8-9,12,14,16H,5-7,10-11,19H2,1-4H3. The van der Waals surface area contributed by atoms with Crippen LogP contribution in [-0.2, 0) is 4.79 Å². The molecule has 5 heteroatoms. The number of likely N-dealkylation sites (N-methyl/N-ethyl adjacent to an activating group) is 1. The minimum absolute atomic E-state index is 0.000000551. The normalized spacial score (nSPS) is 18.8. The zero-order valence-corrected chi connectivity index (χ0v) is 14.7. The lowest BCUT2D eigenvalue weighted by molar-refractivity contribution is -0.126. The van der Waals surface area contributed by atoms with E-state index in [1.807, 2.05) is 44.1 Å². The lowest BCUT2D eigenvalue weighted by Crippen LogP contribution is -2.48. The van der Waals surface area contributed by atoms with Gasteiger partial charge < -0.3 is 20.3 Å². The summed E-state index contributed by atoms with van der Waals surface area (Å²) in [5.74, 6) is 0.825. The lowest BCUT2D eigenvalue weighted by Gasteiger charge is -2.35. The van der Waals surface area contributed by atoms with Crippen molar-refractivity contribution in [1.29, 1.82) is 0 Å². The first-order valence-corrected chi connectivity index (χ1v) is 8.50. The molecule has 1 aromatic rings. The number of rotatable bonds is 7. The molecule has 23 heavy (non-hydrogen) atoms. The second kappa shape index (κ2) is 7.79. The van der Waals surface area contributed by atoms with Crippen molar-refractivity contribution in [1.82, 2.24) is 4.90 Å². The topological polar surface area (TPSA) is 58.8 Å². The second-order valence-electron chi connectivity index (χ2n) is 6.43. The number of fused-ring (bicyclic) bond motifs is 1. The third-order valence-electron chi connectivity index (χ3n) is 4.25. The zero-order chi connectivity index (χ0) is 17.0. The fourth-order valence-corrected chi connectivity index (χ4v) is 2.84. The molecule has 5 nitrogen and oxygen atoms in total. The van der Waals surface area contributed by atoms with Gasteiger partial charge in [-0.15, -0.1) is 0 Å². The van der Waals surface area contributed by atoms with Crippen molar-refractivity contribution in [3.63, 3.8) is 0 Å². The van der Waals surface area contributed by atoms with E-state index in [4.69, 9.17) is 10.5 Å². The molecule has 1 amide bonds. The van der Waals surface area contributed by atoms with Gasteiger partial charge >= 0.3 is 0 Å². The number of nitrogens with two attached hydrogens (primary N) is 1. The SMILES string of the molecule is CCCC(N)c1ccc2c(c1)N(CCN(C)C)C(=O)C(CC)O2. The Kier molecular flexibility index (Phi) is 6.02. The Labute approximate surface area is 139 Å². The van der Waals surface area contributed by atoms with Crippen LogP contribution in [0.3, 0.4) is 0 Å². The van der Waals surface area contributed by atoms with Gasteiger partial charge in [0.25, 0.3) is 5.91 Å². The quantitative estimate of drug-likeness (QED) is 0.839. The molecule has 1 heterocycles. The highest BCUT2D eigenvalue weighted by atomic mass is 16.5. The predicted octanol–water partition coefficient (Wildman–Crippen LogP) is 2.55. The summed E-state index contributed by atoms with van der Waals surface area (Å²) in [6, 6.07) is 6.00. The third-order valence-corrected chi connectivity index (χ3v) is 4.25. The summed E-state index contributed by atoms with van der Waals surface area (Å²) in [4.78, 5) is 16.6. The minimum atomic E-state index is -0.389.